The molecule has 0 saturated carbocycles. The Labute approximate surface area is 313 Å². The molecule has 1 rings (SSSR count). The normalized spacial score (nSPS) is 11.6. The number of amides is 1. The molecule has 0 aliphatic rings. The van der Waals surface area contributed by atoms with Crippen LogP contribution in [-0.4, -0.2) is 144 Å². The number of hydrogen-bond acceptors (Lipinski definition) is 12. The summed E-state index contributed by atoms with van der Waals surface area (Å²) in [4.78, 5) is 11.5. The SMILES string of the molecule is CCCCCCCCc1ccc(OCCOCCOCCOCCOCCOCCOCCOCCOCCOCCNC(=O)OC(C)(C)C)cc1. The van der Waals surface area contributed by atoms with E-state index in [-0.39, 0.29) is 0 Å². The monoisotopic (exact) mass is 745 g/mol. The summed E-state index contributed by atoms with van der Waals surface area (Å²) in [6, 6.07) is 8.42. The van der Waals surface area contributed by atoms with E-state index in [0.717, 1.165) is 12.2 Å². The van der Waals surface area contributed by atoms with Crippen LogP contribution >= 0.6 is 0 Å². The van der Waals surface area contributed by atoms with Gasteiger partial charge in [0.25, 0.3) is 0 Å². The van der Waals surface area contributed by atoms with Crippen molar-refractivity contribution < 1.29 is 56.9 Å². The number of carbonyl (C=O) groups excluding carboxylic acids is 1. The minimum atomic E-state index is -0.511. The van der Waals surface area contributed by atoms with Gasteiger partial charge >= 0.3 is 6.09 Å². The first-order valence-corrected chi connectivity index (χ1v) is 19.3. The summed E-state index contributed by atoms with van der Waals surface area (Å²) in [5, 5.41) is 2.63. The standard InChI is InChI=1S/C39H71NO12/c1-5-6-7-8-9-10-11-36-12-14-37(15-13-36)51-35-34-50-33-32-49-31-30-48-29-28-47-27-26-46-25-24-45-23-22-44-21-20-43-19-18-42-17-16-40-38(41)52-39(2,3)4/h12-15H,5-11,16-35H2,1-4H3,(H,40,41). The Balaban J connectivity index is 1.70. The second-order valence-corrected chi connectivity index (χ2v) is 13.0. The van der Waals surface area contributed by atoms with Gasteiger partial charge in [-0.2, -0.15) is 0 Å². The lowest BCUT2D eigenvalue weighted by Gasteiger charge is -2.19. The van der Waals surface area contributed by atoms with Gasteiger partial charge in [-0.1, -0.05) is 51.2 Å². The largest absolute Gasteiger partial charge is 0.491 e. The molecule has 1 aromatic rings. The number of unbranched alkanes of at least 4 members (excludes halogenated alkanes) is 5. The molecule has 13 nitrogen and oxygen atoms in total. The average Bonchev–Trinajstić information content (AvgIpc) is 3.12. The topological polar surface area (TPSA) is 131 Å². The number of ether oxygens (including phenoxy) is 11. The maximum absolute atomic E-state index is 11.5. The highest BCUT2D eigenvalue weighted by Gasteiger charge is 2.15. The van der Waals surface area contributed by atoms with Crippen molar-refractivity contribution in [3.63, 3.8) is 0 Å². The first kappa shape index (κ1) is 48.0. The van der Waals surface area contributed by atoms with Gasteiger partial charge < -0.3 is 57.4 Å². The molecule has 0 atom stereocenters. The second-order valence-electron chi connectivity index (χ2n) is 13.0. The van der Waals surface area contributed by atoms with E-state index in [2.05, 4.69) is 24.4 Å². The Bertz CT molecular complexity index is 900. The summed E-state index contributed by atoms with van der Waals surface area (Å²) in [6.07, 6.45) is 8.62. The number of aryl methyl sites for hydroxylation is 1. The first-order chi connectivity index (χ1) is 25.4. The van der Waals surface area contributed by atoms with Gasteiger partial charge in [0.05, 0.1) is 119 Å². The van der Waals surface area contributed by atoms with Crippen LogP contribution in [-0.2, 0) is 53.8 Å². The Morgan fingerprint density at radius 1 is 0.500 bits per heavy atom. The number of benzene rings is 1. The predicted octanol–water partition coefficient (Wildman–Crippen LogP) is 5.64. The van der Waals surface area contributed by atoms with Crippen molar-refractivity contribution in [3.05, 3.63) is 29.8 Å². The van der Waals surface area contributed by atoms with Gasteiger partial charge in [0, 0.05) is 6.54 Å². The van der Waals surface area contributed by atoms with Crippen molar-refractivity contribution in [3.8, 4) is 5.75 Å². The molecule has 0 bridgehead atoms. The molecule has 304 valence electrons. The van der Waals surface area contributed by atoms with E-state index in [1.165, 1.54) is 44.1 Å². The van der Waals surface area contributed by atoms with Crippen LogP contribution < -0.4 is 10.1 Å². The molecule has 0 radical (unpaired) electrons. The van der Waals surface area contributed by atoms with Crippen LogP contribution in [0.15, 0.2) is 24.3 Å². The summed E-state index contributed by atoms with van der Waals surface area (Å²) in [5.74, 6) is 0.882. The molecule has 0 fully saturated rings. The van der Waals surface area contributed by atoms with E-state index >= 15 is 0 Å². The molecule has 0 saturated heterocycles. The predicted molar refractivity (Wildman–Crippen MR) is 201 cm³/mol. The van der Waals surface area contributed by atoms with E-state index in [9.17, 15) is 4.79 Å². The Morgan fingerprint density at radius 3 is 1.27 bits per heavy atom. The van der Waals surface area contributed by atoms with E-state index in [0.29, 0.717) is 132 Å². The third-order valence-electron chi connectivity index (χ3n) is 7.13. The van der Waals surface area contributed by atoms with Crippen LogP contribution in [0.4, 0.5) is 4.79 Å². The summed E-state index contributed by atoms with van der Waals surface area (Å²) >= 11 is 0. The van der Waals surface area contributed by atoms with Crippen LogP contribution in [0.3, 0.4) is 0 Å². The average molecular weight is 746 g/mol. The van der Waals surface area contributed by atoms with Crippen LogP contribution in [0.1, 0.15) is 71.8 Å². The second kappa shape index (κ2) is 35.9. The fourth-order valence-corrected chi connectivity index (χ4v) is 4.48. The molecular formula is C39H71NO12. The minimum absolute atomic E-state index is 0.384. The zero-order chi connectivity index (χ0) is 37.6. The number of carbonyl (C=O) groups is 1. The van der Waals surface area contributed by atoms with Gasteiger partial charge in [0.2, 0.25) is 0 Å². The number of nitrogens with one attached hydrogen (secondary N) is 1. The maximum atomic E-state index is 11.5. The van der Waals surface area contributed by atoms with Crippen molar-refractivity contribution >= 4 is 6.09 Å². The summed E-state index contributed by atoms with van der Waals surface area (Å²) in [6.45, 7) is 17.5. The molecular weight excluding hydrogens is 674 g/mol. The van der Waals surface area contributed by atoms with Crippen molar-refractivity contribution in [2.24, 2.45) is 0 Å². The quantitative estimate of drug-likeness (QED) is 0.0841. The van der Waals surface area contributed by atoms with Gasteiger partial charge in [-0.15, -0.1) is 0 Å². The zero-order valence-corrected chi connectivity index (χ0v) is 32.8. The maximum Gasteiger partial charge on any atom is 0.407 e. The molecule has 0 unspecified atom stereocenters. The third kappa shape index (κ3) is 35.0. The van der Waals surface area contributed by atoms with Crippen LogP contribution in [0, 0.1) is 0 Å². The van der Waals surface area contributed by atoms with E-state index in [4.69, 9.17) is 52.1 Å². The molecule has 52 heavy (non-hydrogen) atoms. The number of alkyl carbamates (subject to hydrolysis) is 1. The molecule has 0 heterocycles. The van der Waals surface area contributed by atoms with Crippen molar-refractivity contribution in [1.82, 2.24) is 5.32 Å². The van der Waals surface area contributed by atoms with Crippen LogP contribution in [0.25, 0.3) is 0 Å². The molecule has 0 aromatic heterocycles. The van der Waals surface area contributed by atoms with E-state index in [1.54, 1.807) is 0 Å². The van der Waals surface area contributed by atoms with E-state index < -0.39 is 11.7 Å². The van der Waals surface area contributed by atoms with Gasteiger partial charge in [0.1, 0.15) is 18.0 Å². The number of rotatable bonds is 38. The first-order valence-electron chi connectivity index (χ1n) is 19.3. The molecule has 1 N–H and O–H groups in total. The summed E-state index contributed by atoms with van der Waals surface area (Å²) < 4.78 is 60.4. The zero-order valence-electron chi connectivity index (χ0n) is 32.8. The minimum Gasteiger partial charge on any atom is -0.491 e. The van der Waals surface area contributed by atoms with Crippen molar-refractivity contribution in [2.45, 2.75) is 78.2 Å². The van der Waals surface area contributed by atoms with Gasteiger partial charge in [-0.3, -0.25) is 0 Å². The Hall–Kier alpha value is -2.07. The highest BCUT2D eigenvalue weighted by Crippen LogP contribution is 2.15. The van der Waals surface area contributed by atoms with Crippen LogP contribution in [0.2, 0.25) is 0 Å². The Morgan fingerprint density at radius 2 is 0.865 bits per heavy atom. The lowest BCUT2D eigenvalue weighted by molar-refractivity contribution is -0.0253. The highest BCUT2D eigenvalue weighted by molar-refractivity contribution is 5.67. The van der Waals surface area contributed by atoms with Gasteiger partial charge in [-0.05, 0) is 51.3 Å². The fourth-order valence-electron chi connectivity index (χ4n) is 4.48. The molecule has 13 heteroatoms. The van der Waals surface area contributed by atoms with Crippen LogP contribution in [0.5, 0.6) is 5.75 Å². The number of hydrogen-bond donors (Lipinski definition) is 1. The van der Waals surface area contributed by atoms with Gasteiger partial charge in [-0.25, -0.2) is 4.79 Å². The smallest absolute Gasteiger partial charge is 0.407 e. The molecule has 0 spiro atoms. The fraction of sp³-hybridized carbons (Fsp3) is 0.821. The molecule has 0 aliphatic carbocycles. The highest BCUT2D eigenvalue weighted by atomic mass is 16.6. The summed E-state index contributed by atoms with van der Waals surface area (Å²) in [7, 11) is 0. The Kier molecular flexibility index (Phi) is 33.1. The van der Waals surface area contributed by atoms with E-state index in [1.807, 2.05) is 32.9 Å². The van der Waals surface area contributed by atoms with Crippen molar-refractivity contribution in [1.29, 1.82) is 0 Å². The summed E-state index contributed by atoms with van der Waals surface area (Å²) in [5.41, 5.74) is 0.864. The lowest BCUT2D eigenvalue weighted by atomic mass is 10.0. The molecule has 0 aliphatic heterocycles. The lowest BCUT2D eigenvalue weighted by Crippen LogP contribution is -2.34. The molecule has 1 aromatic carbocycles. The van der Waals surface area contributed by atoms with Gasteiger partial charge in [0.15, 0.2) is 0 Å². The third-order valence-corrected chi connectivity index (χ3v) is 7.13. The van der Waals surface area contributed by atoms with Crippen molar-refractivity contribution in [2.75, 3.05) is 132 Å². The molecule has 1 amide bonds.